The number of halogens is 2. The van der Waals surface area contributed by atoms with Crippen molar-refractivity contribution >= 4 is 27.3 Å². The highest BCUT2D eigenvalue weighted by atomic mass is 79.9. The summed E-state index contributed by atoms with van der Waals surface area (Å²) in [6, 6.07) is 2.38. The molecule has 0 radical (unpaired) electrons. The average Bonchev–Trinajstić information content (AvgIpc) is 3.10. The van der Waals surface area contributed by atoms with E-state index in [9.17, 15) is 4.39 Å². The molecule has 0 saturated heterocycles. The van der Waals surface area contributed by atoms with E-state index in [0.29, 0.717) is 5.92 Å². The van der Waals surface area contributed by atoms with Gasteiger partial charge in [-0.15, -0.1) is 11.3 Å². The molecule has 3 unspecified atom stereocenters. The third-order valence-electron chi connectivity index (χ3n) is 5.15. The Hall–Kier alpha value is -0.680. The molecule has 22 heavy (non-hydrogen) atoms. The molecule has 2 aliphatic carbocycles. The van der Waals surface area contributed by atoms with E-state index >= 15 is 0 Å². The summed E-state index contributed by atoms with van der Waals surface area (Å²) in [5.41, 5.74) is -0.900. The lowest BCUT2D eigenvalue weighted by molar-refractivity contribution is 0.224. The fourth-order valence-electron chi connectivity index (χ4n) is 4.00. The first kappa shape index (κ1) is 16.2. The fourth-order valence-corrected chi connectivity index (χ4v) is 5.81. The van der Waals surface area contributed by atoms with Crippen LogP contribution in [0, 0.1) is 17.8 Å². The van der Waals surface area contributed by atoms with Crippen LogP contribution in [0.5, 0.6) is 0 Å². The smallest absolute Gasteiger partial charge is 0.114 e. The Labute approximate surface area is 143 Å². The molecule has 2 fully saturated rings. The Morgan fingerprint density at radius 2 is 2.09 bits per heavy atom. The van der Waals surface area contributed by atoms with Crippen LogP contribution in [0.15, 0.2) is 34.6 Å². The van der Waals surface area contributed by atoms with E-state index in [1.807, 2.05) is 32.6 Å². The summed E-state index contributed by atoms with van der Waals surface area (Å²) in [4.78, 5) is 5.52. The molecule has 4 rings (SSSR count). The van der Waals surface area contributed by atoms with E-state index in [1.165, 1.54) is 4.88 Å². The first-order valence-corrected chi connectivity index (χ1v) is 9.65. The van der Waals surface area contributed by atoms with Crippen molar-refractivity contribution in [1.29, 1.82) is 0 Å². The van der Waals surface area contributed by atoms with E-state index in [0.717, 1.165) is 17.3 Å². The molecule has 5 heteroatoms. The highest BCUT2D eigenvalue weighted by Gasteiger charge is 2.67. The highest BCUT2D eigenvalue weighted by molar-refractivity contribution is 9.10. The minimum atomic E-state index is -0.900. The molecule has 0 amide bonds. The summed E-state index contributed by atoms with van der Waals surface area (Å²) in [6.45, 7) is 5.77. The summed E-state index contributed by atoms with van der Waals surface area (Å²) < 4.78 is 17.4. The Bertz CT molecular complexity index is 608. The zero-order valence-electron chi connectivity index (χ0n) is 13.2. The van der Waals surface area contributed by atoms with Gasteiger partial charge < -0.3 is 4.57 Å². The fraction of sp³-hybridized carbons (Fsp3) is 0.588. The average molecular weight is 385 g/mol. The van der Waals surface area contributed by atoms with Gasteiger partial charge in [-0.1, -0.05) is 13.8 Å². The number of hydrogen-bond acceptors (Lipinski definition) is 2. The van der Waals surface area contributed by atoms with Gasteiger partial charge in [0, 0.05) is 21.7 Å². The molecule has 2 aromatic heterocycles. The molecule has 2 nitrogen and oxygen atoms in total. The number of imidazole rings is 1. The van der Waals surface area contributed by atoms with Gasteiger partial charge in [0.2, 0.25) is 0 Å². The van der Waals surface area contributed by atoms with Crippen LogP contribution in [-0.4, -0.2) is 15.2 Å². The zero-order chi connectivity index (χ0) is 15.9. The van der Waals surface area contributed by atoms with Crippen molar-refractivity contribution in [2.45, 2.75) is 45.3 Å². The van der Waals surface area contributed by atoms with Gasteiger partial charge in [0.25, 0.3) is 0 Å². The van der Waals surface area contributed by atoms with E-state index in [1.54, 1.807) is 18.3 Å². The van der Waals surface area contributed by atoms with Crippen LogP contribution < -0.4 is 0 Å². The van der Waals surface area contributed by atoms with Gasteiger partial charge in [-0.25, -0.2) is 9.37 Å². The normalized spacial score (nSPS) is 33.8. The lowest BCUT2D eigenvalue weighted by Crippen LogP contribution is -2.21. The van der Waals surface area contributed by atoms with Gasteiger partial charge in [-0.05, 0) is 64.9 Å². The van der Waals surface area contributed by atoms with Gasteiger partial charge in [0.05, 0.1) is 12.4 Å². The van der Waals surface area contributed by atoms with Gasteiger partial charge in [0.1, 0.15) is 5.67 Å². The molecular weight excluding hydrogens is 363 g/mol. The molecule has 0 spiro atoms. The SMILES string of the molecule is CC.CC1(F)C2CC(C(c3sccc3Br)n3ccnc3)CC21. The third-order valence-corrected chi connectivity index (χ3v) is 7.09. The van der Waals surface area contributed by atoms with Crippen LogP contribution in [-0.2, 0) is 0 Å². The van der Waals surface area contributed by atoms with Crippen LogP contribution in [0.3, 0.4) is 0 Å². The van der Waals surface area contributed by atoms with Crippen LogP contribution in [0.4, 0.5) is 4.39 Å². The van der Waals surface area contributed by atoms with Crippen LogP contribution in [0.1, 0.15) is 44.5 Å². The van der Waals surface area contributed by atoms with Crippen LogP contribution in [0.25, 0.3) is 0 Å². The maximum absolute atomic E-state index is 14.1. The van der Waals surface area contributed by atoms with E-state index in [2.05, 4.69) is 36.9 Å². The summed E-state index contributed by atoms with van der Waals surface area (Å²) in [7, 11) is 0. The Kier molecular flexibility index (Phi) is 4.47. The van der Waals surface area contributed by atoms with Crippen LogP contribution in [0.2, 0.25) is 0 Å². The molecule has 2 saturated carbocycles. The minimum absolute atomic E-state index is 0.275. The predicted molar refractivity (Wildman–Crippen MR) is 93.0 cm³/mol. The van der Waals surface area contributed by atoms with Crippen molar-refractivity contribution in [2.24, 2.45) is 17.8 Å². The molecular formula is C17H22BrFN2S. The molecule has 2 heterocycles. The third kappa shape index (κ3) is 2.56. The molecule has 2 aliphatic rings. The van der Waals surface area contributed by atoms with Crippen molar-refractivity contribution in [3.63, 3.8) is 0 Å². The number of alkyl halides is 1. The molecule has 0 N–H and O–H groups in total. The highest BCUT2D eigenvalue weighted by Crippen LogP contribution is 2.66. The monoisotopic (exact) mass is 384 g/mol. The molecule has 3 atom stereocenters. The number of fused-ring (bicyclic) bond motifs is 1. The lowest BCUT2D eigenvalue weighted by Gasteiger charge is -2.27. The Morgan fingerprint density at radius 1 is 1.41 bits per heavy atom. The van der Waals surface area contributed by atoms with Crippen molar-refractivity contribution in [3.8, 4) is 0 Å². The second-order valence-corrected chi connectivity index (χ2v) is 7.99. The summed E-state index contributed by atoms with van der Waals surface area (Å²) in [6.07, 6.45) is 7.71. The van der Waals surface area contributed by atoms with Gasteiger partial charge >= 0.3 is 0 Å². The molecule has 120 valence electrons. The van der Waals surface area contributed by atoms with E-state index < -0.39 is 5.67 Å². The second-order valence-electron chi connectivity index (χ2n) is 6.18. The molecule has 2 aromatic rings. The number of thiophene rings is 1. The summed E-state index contributed by atoms with van der Waals surface area (Å²) in [5.74, 6) is 1.06. The van der Waals surface area contributed by atoms with Gasteiger partial charge in [0.15, 0.2) is 0 Å². The first-order valence-electron chi connectivity index (χ1n) is 7.98. The zero-order valence-corrected chi connectivity index (χ0v) is 15.6. The van der Waals surface area contributed by atoms with Crippen molar-refractivity contribution in [3.05, 3.63) is 39.5 Å². The Balaban J connectivity index is 0.000000693. The van der Waals surface area contributed by atoms with Crippen molar-refractivity contribution < 1.29 is 4.39 Å². The molecule has 0 aromatic carbocycles. The topological polar surface area (TPSA) is 17.8 Å². The number of hydrogen-bond donors (Lipinski definition) is 0. The number of nitrogens with zero attached hydrogens (tertiary/aromatic N) is 2. The minimum Gasteiger partial charge on any atom is -0.329 e. The number of aromatic nitrogens is 2. The quantitative estimate of drug-likeness (QED) is 0.662. The second kappa shape index (κ2) is 6.08. The van der Waals surface area contributed by atoms with Crippen molar-refractivity contribution in [1.82, 2.24) is 9.55 Å². The standard InChI is InChI=1S/C15H16BrFN2S.C2H6/c1-15(17)10-6-9(7-11(10)15)13(19-4-3-18-8-19)14-12(16)2-5-20-14;1-2/h2-5,8-11,13H,6-7H2,1H3;1-2H3. The number of rotatable bonds is 3. The lowest BCUT2D eigenvalue weighted by atomic mass is 9.90. The van der Waals surface area contributed by atoms with Crippen molar-refractivity contribution in [2.75, 3.05) is 0 Å². The first-order chi connectivity index (χ1) is 10.6. The van der Waals surface area contributed by atoms with Crippen LogP contribution >= 0.6 is 27.3 Å². The maximum atomic E-state index is 14.1. The summed E-state index contributed by atoms with van der Waals surface area (Å²) in [5, 5.41) is 2.11. The van der Waals surface area contributed by atoms with Gasteiger partial charge in [-0.2, -0.15) is 0 Å². The maximum Gasteiger partial charge on any atom is 0.114 e. The molecule has 0 aliphatic heterocycles. The predicted octanol–water partition coefficient (Wildman–Crippen LogP) is 5.71. The summed E-state index contributed by atoms with van der Waals surface area (Å²) >= 11 is 5.42. The molecule has 0 bridgehead atoms. The Morgan fingerprint density at radius 3 is 2.59 bits per heavy atom. The van der Waals surface area contributed by atoms with E-state index in [4.69, 9.17) is 0 Å². The van der Waals surface area contributed by atoms with E-state index in [-0.39, 0.29) is 17.9 Å². The largest absolute Gasteiger partial charge is 0.329 e. The van der Waals surface area contributed by atoms with Gasteiger partial charge in [-0.3, -0.25) is 0 Å².